The van der Waals surface area contributed by atoms with Gasteiger partial charge in [0, 0.05) is 37.5 Å². The highest BCUT2D eigenvalue weighted by Crippen LogP contribution is 2.20. The largest absolute Gasteiger partial charge is 0.296 e. The molecule has 0 aliphatic carbocycles. The second-order valence-corrected chi connectivity index (χ2v) is 7.70. The number of rotatable bonds is 8. The molecule has 0 saturated carbocycles. The molecule has 0 bridgehead atoms. The lowest BCUT2D eigenvalue weighted by Crippen LogP contribution is -2.04. The van der Waals surface area contributed by atoms with Crippen LogP contribution >= 0.6 is 11.6 Å². The Labute approximate surface area is 178 Å². The van der Waals surface area contributed by atoms with E-state index in [0.29, 0.717) is 5.88 Å². The summed E-state index contributed by atoms with van der Waals surface area (Å²) in [6, 6.07) is 14.9. The third-order valence-electron chi connectivity index (χ3n) is 5.20. The maximum Gasteiger partial charge on any atom is 0.128 e. The van der Waals surface area contributed by atoms with E-state index in [9.17, 15) is 0 Å². The SMILES string of the molecule is C/N=C\c1ccc(CCc2nccc(CCc3c(C)cc(CCl)cc3C)n2)cc1. The summed E-state index contributed by atoms with van der Waals surface area (Å²) in [5.41, 5.74) is 8.72. The molecule has 0 amide bonds. The van der Waals surface area contributed by atoms with Crippen molar-refractivity contribution in [1.29, 1.82) is 0 Å². The minimum Gasteiger partial charge on any atom is -0.296 e. The van der Waals surface area contributed by atoms with Gasteiger partial charge in [-0.25, -0.2) is 9.97 Å². The van der Waals surface area contributed by atoms with Crippen LogP contribution in [0.15, 0.2) is 53.7 Å². The quantitative estimate of drug-likeness (QED) is 0.369. The predicted octanol–water partition coefficient (Wildman–Crippen LogP) is 5.45. The average Bonchev–Trinajstić information content (AvgIpc) is 2.73. The van der Waals surface area contributed by atoms with Gasteiger partial charge in [0.15, 0.2) is 0 Å². The van der Waals surface area contributed by atoms with Gasteiger partial charge < -0.3 is 0 Å². The van der Waals surface area contributed by atoms with E-state index in [-0.39, 0.29) is 0 Å². The van der Waals surface area contributed by atoms with E-state index in [1.54, 1.807) is 7.05 Å². The van der Waals surface area contributed by atoms with Crippen LogP contribution in [0.25, 0.3) is 0 Å². The first-order valence-corrected chi connectivity index (χ1v) is 10.6. The van der Waals surface area contributed by atoms with Crippen molar-refractivity contribution in [2.45, 2.75) is 45.4 Å². The van der Waals surface area contributed by atoms with E-state index in [0.717, 1.165) is 42.8 Å². The summed E-state index contributed by atoms with van der Waals surface area (Å²) in [5, 5.41) is 0. The molecule has 29 heavy (non-hydrogen) atoms. The van der Waals surface area contributed by atoms with Crippen molar-refractivity contribution in [1.82, 2.24) is 9.97 Å². The van der Waals surface area contributed by atoms with Gasteiger partial charge in [0.2, 0.25) is 0 Å². The van der Waals surface area contributed by atoms with Crippen LogP contribution in [0.5, 0.6) is 0 Å². The summed E-state index contributed by atoms with van der Waals surface area (Å²) in [5.74, 6) is 1.47. The number of alkyl halides is 1. The molecule has 1 heterocycles. The summed E-state index contributed by atoms with van der Waals surface area (Å²) in [6.45, 7) is 4.34. The van der Waals surface area contributed by atoms with Crippen LogP contribution in [-0.4, -0.2) is 23.2 Å². The monoisotopic (exact) mass is 405 g/mol. The second kappa shape index (κ2) is 10.3. The van der Waals surface area contributed by atoms with Crippen LogP contribution in [0, 0.1) is 13.8 Å². The maximum absolute atomic E-state index is 5.99. The highest BCUT2D eigenvalue weighted by atomic mass is 35.5. The lowest BCUT2D eigenvalue weighted by Gasteiger charge is -2.12. The zero-order valence-corrected chi connectivity index (χ0v) is 18.2. The van der Waals surface area contributed by atoms with Crippen molar-refractivity contribution in [3.8, 4) is 0 Å². The minimum absolute atomic E-state index is 0.562. The highest BCUT2D eigenvalue weighted by molar-refractivity contribution is 6.17. The summed E-state index contributed by atoms with van der Waals surface area (Å²) >= 11 is 5.99. The smallest absolute Gasteiger partial charge is 0.128 e. The third kappa shape index (κ3) is 5.98. The van der Waals surface area contributed by atoms with Crippen molar-refractivity contribution in [2.24, 2.45) is 4.99 Å². The van der Waals surface area contributed by atoms with Gasteiger partial charge in [-0.05, 0) is 72.6 Å². The van der Waals surface area contributed by atoms with Gasteiger partial charge in [0.1, 0.15) is 5.82 Å². The Balaban J connectivity index is 1.61. The average molecular weight is 406 g/mol. The molecule has 0 aliphatic heterocycles. The van der Waals surface area contributed by atoms with Gasteiger partial charge in [-0.1, -0.05) is 36.4 Å². The fourth-order valence-electron chi connectivity index (χ4n) is 3.68. The number of benzene rings is 2. The number of nitrogens with zero attached hydrogens (tertiary/aromatic N) is 3. The number of hydrogen-bond donors (Lipinski definition) is 0. The van der Waals surface area contributed by atoms with Gasteiger partial charge >= 0.3 is 0 Å². The van der Waals surface area contributed by atoms with E-state index in [1.165, 1.54) is 27.8 Å². The maximum atomic E-state index is 5.99. The number of aliphatic imine (C=N–C) groups is 1. The number of hydrogen-bond acceptors (Lipinski definition) is 3. The molecule has 0 spiro atoms. The van der Waals surface area contributed by atoms with Crippen LogP contribution in [-0.2, 0) is 31.6 Å². The molecule has 3 aromatic rings. The molecule has 3 nitrogen and oxygen atoms in total. The molecule has 1 aromatic heterocycles. The normalized spacial score (nSPS) is 11.3. The topological polar surface area (TPSA) is 38.1 Å². The lowest BCUT2D eigenvalue weighted by atomic mass is 9.95. The summed E-state index contributed by atoms with van der Waals surface area (Å²) < 4.78 is 0. The third-order valence-corrected chi connectivity index (χ3v) is 5.51. The van der Waals surface area contributed by atoms with Gasteiger partial charge in [0.25, 0.3) is 0 Å². The standard InChI is InChI=1S/C25H28ClN3/c1-18-14-22(16-26)15-19(2)24(18)10-9-23-12-13-28-25(29-23)11-8-20-4-6-21(7-5-20)17-27-3/h4-7,12-15,17H,8-11,16H2,1-3H3/b27-17-. The second-order valence-electron chi connectivity index (χ2n) is 7.43. The van der Waals surface area contributed by atoms with Crippen LogP contribution in [0.3, 0.4) is 0 Å². The van der Waals surface area contributed by atoms with E-state index in [2.05, 4.69) is 60.2 Å². The van der Waals surface area contributed by atoms with E-state index in [1.807, 2.05) is 18.5 Å². The Morgan fingerprint density at radius 1 is 0.897 bits per heavy atom. The van der Waals surface area contributed by atoms with Gasteiger partial charge in [-0.3, -0.25) is 4.99 Å². The summed E-state index contributed by atoms with van der Waals surface area (Å²) in [7, 11) is 1.79. The minimum atomic E-state index is 0.562. The molecule has 4 heteroatoms. The van der Waals surface area contributed by atoms with Gasteiger partial charge in [-0.2, -0.15) is 0 Å². The molecule has 0 radical (unpaired) electrons. The Kier molecular flexibility index (Phi) is 7.54. The molecule has 0 aliphatic rings. The first-order chi connectivity index (χ1) is 14.1. The van der Waals surface area contributed by atoms with Crippen molar-refractivity contribution in [3.63, 3.8) is 0 Å². The fraction of sp³-hybridized carbons (Fsp3) is 0.320. The first-order valence-electron chi connectivity index (χ1n) is 10.1. The van der Waals surface area contributed by atoms with Crippen molar-refractivity contribution < 1.29 is 0 Å². The van der Waals surface area contributed by atoms with Crippen molar-refractivity contribution >= 4 is 17.8 Å². The molecule has 0 fully saturated rings. The molecular weight excluding hydrogens is 378 g/mol. The number of aromatic nitrogens is 2. The molecule has 2 aromatic carbocycles. The molecule has 0 saturated heterocycles. The van der Waals surface area contributed by atoms with Crippen molar-refractivity contribution in [2.75, 3.05) is 7.05 Å². The van der Waals surface area contributed by atoms with Crippen LogP contribution in [0.1, 0.15) is 44.9 Å². The first kappa shape index (κ1) is 21.2. The van der Waals surface area contributed by atoms with Crippen LogP contribution < -0.4 is 0 Å². The molecule has 0 atom stereocenters. The molecule has 150 valence electrons. The van der Waals surface area contributed by atoms with Crippen LogP contribution in [0.4, 0.5) is 0 Å². The molecule has 0 N–H and O–H groups in total. The Morgan fingerprint density at radius 2 is 1.62 bits per heavy atom. The zero-order chi connectivity index (χ0) is 20.6. The number of halogens is 1. The van der Waals surface area contributed by atoms with Crippen LogP contribution in [0.2, 0.25) is 0 Å². The van der Waals surface area contributed by atoms with E-state index >= 15 is 0 Å². The van der Waals surface area contributed by atoms with E-state index in [4.69, 9.17) is 16.6 Å². The Hall–Kier alpha value is -2.52. The predicted molar refractivity (Wildman–Crippen MR) is 122 cm³/mol. The summed E-state index contributed by atoms with van der Waals surface area (Å²) in [4.78, 5) is 13.3. The van der Waals surface area contributed by atoms with E-state index < -0.39 is 0 Å². The number of aryl methyl sites for hydroxylation is 5. The summed E-state index contributed by atoms with van der Waals surface area (Å²) in [6.07, 6.45) is 7.43. The Bertz CT molecular complexity index is 955. The Morgan fingerprint density at radius 3 is 2.28 bits per heavy atom. The van der Waals surface area contributed by atoms with Crippen molar-refractivity contribution in [3.05, 3.63) is 93.6 Å². The lowest BCUT2D eigenvalue weighted by molar-refractivity contribution is 0.811. The molecular formula is C25H28ClN3. The zero-order valence-electron chi connectivity index (χ0n) is 17.5. The molecule has 0 unspecified atom stereocenters. The molecule has 3 rings (SSSR count). The van der Waals surface area contributed by atoms with Gasteiger partial charge in [0.05, 0.1) is 0 Å². The highest BCUT2D eigenvalue weighted by Gasteiger charge is 2.07. The van der Waals surface area contributed by atoms with Gasteiger partial charge in [-0.15, -0.1) is 11.6 Å². The fourth-order valence-corrected chi connectivity index (χ4v) is 3.84.